The van der Waals surface area contributed by atoms with Gasteiger partial charge >= 0.3 is 0 Å². The fourth-order valence-corrected chi connectivity index (χ4v) is 3.85. The Hall–Kier alpha value is -2.23. The van der Waals surface area contributed by atoms with Gasteiger partial charge in [-0.1, -0.05) is 42.5 Å². The Morgan fingerprint density at radius 1 is 1.39 bits per heavy atom. The van der Waals surface area contributed by atoms with Crippen LogP contribution in [0.1, 0.15) is 42.1 Å². The van der Waals surface area contributed by atoms with Gasteiger partial charge in [-0.05, 0) is 24.8 Å². The molecule has 1 fully saturated rings. The SMILES string of the molecule is CCc1ccc(-c2nc3sc(C4CCCO4)nn3c2C#N)cc1. The Labute approximate surface area is 138 Å². The molecule has 1 atom stereocenters. The van der Waals surface area contributed by atoms with Crippen molar-refractivity contribution in [3.05, 3.63) is 40.5 Å². The van der Waals surface area contributed by atoms with Crippen LogP contribution >= 0.6 is 11.3 Å². The molecule has 0 radical (unpaired) electrons. The predicted octanol–water partition coefficient (Wildman–Crippen LogP) is 3.74. The van der Waals surface area contributed by atoms with E-state index in [-0.39, 0.29) is 6.10 Å². The van der Waals surface area contributed by atoms with Gasteiger partial charge in [-0.3, -0.25) is 0 Å². The van der Waals surface area contributed by atoms with Gasteiger partial charge in [0, 0.05) is 12.2 Å². The normalized spacial score (nSPS) is 17.7. The number of hydrogen-bond donors (Lipinski definition) is 0. The number of aryl methyl sites for hydroxylation is 1. The summed E-state index contributed by atoms with van der Waals surface area (Å²) in [6.45, 7) is 2.91. The molecule has 116 valence electrons. The summed E-state index contributed by atoms with van der Waals surface area (Å²) in [5, 5.41) is 15.0. The number of ether oxygens (including phenoxy) is 1. The van der Waals surface area contributed by atoms with Gasteiger partial charge in [0.25, 0.3) is 0 Å². The lowest BCUT2D eigenvalue weighted by Gasteiger charge is -2.03. The number of fused-ring (bicyclic) bond motifs is 1. The second-order valence-electron chi connectivity index (χ2n) is 5.61. The van der Waals surface area contributed by atoms with Gasteiger partial charge in [-0.25, -0.2) is 4.98 Å². The lowest BCUT2D eigenvalue weighted by molar-refractivity contribution is 0.111. The molecular weight excluding hydrogens is 308 g/mol. The molecule has 1 saturated heterocycles. The van der Waals surface area contributed by atoms with E-state index in [0.717, 1.165) is 41.4 Å². The second kappa shape index (κ2) is 5.76. The summed E-state index contributed by atoms with van der Waals surface area (Å²) in [7, 11) is 0. The Kier molecular flexibility index (Phi) is 3.60. The highest BCUT2D eigenvalue weighted by molar-refractivity contribution is 7.16. The van der Waals surface area contributed by atoms with E-state index in [0.29, 0.717) is 11.4 Å². The van der Waals surface area contributed by atoms with Crippen molar-refractivity contribution in [1.29, 1.82) is 5.26 Å². The van der Waals surface area contributed by atoms with Crippen LogP contribution < -0.4 is 0 Å². The van der Waals surface area contributed by atoms with Gasteiger partial charge < -0.3 is 4.74 Å². The first-order valence-corrected chi connectivity index (χ1v) is 8.62. The highest BCUT2D eigenvalue weighted by Crippen LogP contribution is 2.33. The number of nitriles is 1. The molecule has 0 amide bonds. The maximum Gasteiger partial charge on any atom is 0.214 e. The monoisotopic (exact) mass is 324 g/mol. The molecule has 1 aliphatic rings. The molecule has 1 unspecified atom stereocenters. The van der Waals surface area contributed by atoms with E-state index >= 15 is 0 Å². The minimum atomic E-state index is 0.0560. The van der Waals surface area contributed by atoms with Crippen molar-refractivity contribution in [1.82, 2.24) is 14.6 Å². The molecule has 0 saturated carbocycles. The van der Waals surface area contributed by atoms with Gasteiger partial charge in [0.15, 0.2) is 5.69 Å². The van der Waals surface area contributed by atoms with Crippen LogP contribution in [0.25, 0.3) is 16.2 Å². The third-order valence-corrected chi connectivity index (χ3v) is 5.17. The quantitative estimate of drug-likeness (QED) is 0.736. The maximum atomic E-state index is 9.56. The summed E-state index contributed by atoms with van der Waals surface area (Å²) < 4.78 is 7.33. The van der Waals surface area contributed by atoms with Crippen LogP contribution in [-0.4, -0.2) is 21.2 Å². The first kappa shape index (κ1) is 14.4. The van der Waals surface area contributed by atoms with Crippen LogP contribution in [0.15, 0.2) is 24.3 Å². The first-order valence-electron chi connectivity index (χ1n) is 7.80. The van der Waals surface area contributed by atoms with Crippen molar-refractivity contribution < 1.29 is 4.74 Å². The minimum Gasteiger partial charge on any atom is -0.371 e. The zero-order valence-electron chi connectivity index (χ0n) is 12.8. The molecule has 0 aliphatic carbocycles. The van der Waals surface area contributed by atoms with Crippen LogP contribution in [-0.2, 0) is 11.2 Å². The number of hydrogen-bond acceptors (Lipinski definition) is 5. The van der Waals surface area contributed by atoms with E-state index in [9.17, 15) is 5.26 Å². The Morgan fingerprint density at radius 3 is 2.87 bits per heavy atom. The molecule has 0 spiro atoms. The average molecular weight is 324 g/mol. The maximum absolute atomic E-state index is 9.56. The molecule has 0 bridgehead atoms. The molecular formula is C17H16N4OS. The number of imidazole rings is 1. The fraction of sp³-hybridized carbons (Fsp3) is 0.353. The Balaban J connectivity index is 1.78. The van der Waals surface area contributed by atoms with E-state index in [1.807, 2.05) is 12.1 Å². The Morgan fingerprint density at radius 2 is 2.22 bits per heavy atom. The van der Waals surface area contributed by atoms with Gasteiger partial charge in [0.2, 0.25) is 4.96 Å². The van der Waals surface area contributed by atoms with Crippen molar-refractivity contribution in [3.8, 4) is 17.3 Å². The molecule has 6 heteroatoms. The summed E-state index contributed by atoms with van der Waals surface area (Å²) in [6, 6.07) is 10.5. The standard InChI is InChI=1S/C17H16N4OS/c1-2-11-5-7-12(8-6-11)15-13(10-18)21-17(19-15)23-16(20-21)14-4-3-9-22-14/h5-8,14H,2-4,9H2,1H3. The van der Waals surface area contributed by atoms with Gasteiger partial charge in [-0.15, -0.1) is 0 Å². The predicted molar refractivity (Wildman–Crippen MR) is 88.3 cm³/mol. The molecule has 4 rings (SSSR count). The van der Waals surface area contributed by atoms with Crippen molar-refractivity contribution in [3.63, 3.8) is 0 Å². The molecule has 1 aliphatic heterocycles. The third kappa shape index (κ3) is 2.42. The van der Waals surface area contributed by atoms with Crippen molar-refractivity contribution in [2.24, 2.45) is 0 Å². The molecule has 0 N–H and O–H groups in total. The summed E-state index contributed by atoms with van der Waals surface area (Å²) in [5.74, 6) is 0. The third-order valence-electron chi connectivity index (χ3n) is 4.17. The van der Waals surface area contributed by atoms with Gasteiger partial charge in [-0.2, -0.15) is 14.9 Å². The molecule has 5 nitrogen and oxygen atoms in total. The summed E-state index contributed by atoms with van der Waals surface area (Å²) >= 11 is 1.51. The van der Waals surface area contributed by atoms with Crippen LogP contribution in [0.3, 0.4) is 0 Å². The van der Waals surface area contributed by atoms with E-state index in [4.69, 9.17) is 4.74 Å². The zero-order valence-corrected chi connectivity index (χ0v) is 13.6. The zero-order chi connectivity index (χ0) is 15.8. The number of rotatable bonds is 3. The highest BCUT2D eigenvalue weighted by Gasteiger charge is 2.24. The van der Waals surface area contributed by atoms with Gasteiger partial charge in [0.1, 0.15) is 22.9 Å². The summed E-state index contributed by atoms with van der Waals surface area (Å²) in [4.78, 5) is 5.39. The lowest BCUT2D eigenvalue weighted by atomic mass is 10.1. The molecule has 3 aromatic rings. The minimum absolute atomic E-state index is 0.0560. The highest BCUT2D eigenvalue weighted by atomic mass is 32.1. The molecule has 2 aromatic heterocycles. The molecule has 23 heavy (non-hydrogen) atoms. The Bertz CT molecular complexity index is 882. The second-order valence-corrected chi connectivity index (χ2v) is 6.60. The largest absolute Gasteiger partial charge is 0.371 e. The van der Waals surface area contributed by atoms with E-state index < -0.39 is 0 Å². The van der Waals surface area contributed by atoms with Crippen LogP contribution in [0.4, 0.5) is 0 Å². The smallest absolute Gasteiger partial charge is 0.214 e. The van der Waals surface area contributed by atoms with Gasteiger partial charge in [0.05, 0.1) is 0 Å². The van der Waals surface area contributed by atoms with Crippen LogP contribution in [0, 0.1) is 11.3 Å². The van der Waals surface area contributed by atoms with E-state index in [2.05, 4.69) is 35.2 Å². The van der Waals surface area contributed by atoms with Crippen molar-refractivity contribution in [2.45, 2.75) is 32.3 Å². The summed E-state index contributed by atoms with van der Waals surface area (Å²) in [6.07, 6.45) is 3.10. The van der Waals surface area contributed by atoms with Crippen molar-refractivity contribution in [2.75, 3.05) is 6.61 Å². The lowest BCUT2D eigenvalue weighted by Crippen LogP contribution is -1.98. The number of aromatic nitrogens is 3. The van der Waals surface area contributed by atoms with E-state index in [1.54, 1.807) is 4.52 Å². The van der Waals surface area contributed by atoms with Crippen molar-refractivity contribution >= 4 is 16.3 Å². The number of benzene rings is 1. The molecule has 1 aromatic carbocycles. The summed E-state index contributed by atoms with van der Waals surface area (Å²) in [5.41, 5.74) is 3.42. The van der Waals surface area contributed by atoms with Crippen LogP contribution in [0.2, 0.25) is 0 Å². The topological polar surface area (TPSA) is 63.2 Å². The van der Waals surface area contributed by atoms with Crippen LogP contribution in [0.5, 0.6) is 0 Å². The molecule has 3 heterocycles. The van der Waals surface area contributed by atoms with E-state index in [1.165, 1.54) is 16.9 Å². The average Bonchev–Trinajstić information content (AvgIpc) is 3.29. The fourth-order valence-electron chi connectivity index (χ4n) is 2.87. The first-order chi connectivity index (χ1) is 11.3. The number of nitrogens with zero attached hydrogens (tertiary/aromatic N) is 4.